The molecule has 1 heterocycles. The molecule has 1 aliphatic heterocycles. The second-order valence-corrected chi connectivity index (χ2v) is 3.46. The summed E-state index contributed by atoms with van der Waals surface area (Å²) < 4.78 is 0. The minimum absolute atomic E-state index is 0.373. The summed E-state index contributed by atoms with van der Waals surface area (Å²) in [5.74, 6) is 0. The third kappa shape index (κ3) is 2.81. The molecule has 2 N–H and O–H groups in total. The highest BCUT2D eigenvalue weighted by Gasteiger charge is 2.18. The zero-order valence-corrected chi connectivity index (χ0v) is 7.64. The largest absolute Gasteiger partial charge is 0.326 e. The van der Waals surface area contributed by atoms with Gasteiger partial charge in [-0.25, -0.2) is 0 Å². The van der Waals surface area contributed by atoms with E-state index in [0.29, 0.717) is 6.04 Å². The van der Waals surface area contributed by atoms with Gasteiger partial charge in [0.15, 0.2) is 0 Å². The molecule has 0 radical (unpaired) electrons. The summed E-state index contributed by atoms with van der Waals surface area (Å²) in [4.78, 5) is 2.33. The Bertz CT molecular complexity index is 156. The fourth-order valence-electron chi connectivity index (χ4n) is 1.39. The molecule has 1 saturated heterocycles. The van der Waals surface area contributed by atoms with Gasteiger partial charge in [-0.2, -0.15) is 0 Å². The third-order valence-corrected chi connectivity index (χ3v) is 2.34. The van der Waals surface area contributed by atoms with Crippen molar-refractivity contribution in [3.8, 4) is 0 Å². The minimum Gasteiger partial charge on any atom is -0.326 e. The maximum atomic E-state index is 5.75. The number of likely N-dealkylation sites (tertiary alicyclic amines) is 1. The number of nitrogens with two attached hydrogens (primary N) is 1. The molecule has 0 unspecified atom stereocenters. The van der Waals surface area contributed by atoms with E-state index < -0.39 is 0 Å². The molecule has 1 fully saturated rings. The first kappa shape index (κ1) is 9.04. The van der Waals surface area contributed by atoms with Gasteiger partial charge in [0.05, 0.1) is 0 Å². The highest BCUT2D eigenvalue weighted by atomic mass is 35.5. The van der Waals surface area contributed by atoms with Gasteiger partial charge in [0.25, 0.3) is 0 Å². The molecule has 0 saturated carbocycles. The molecular formula is C8H15ClN2. The van der Waals surface area contributed by atoms with Gasteiger partial charge in [0, 0.05) is 31.2 Å². The molecule has 0 bridgehead atoms. The topological polar surface area (TPSA) is 29.3 Å². The molecule has 11 heavy (non-hydrogen) atoms. The van der Waals surface area contributed by atoms with Gasteiger partial charge in [0.1, 0.15) is 0 Å². The first-order chi connectivity index (χ1) is 5.22. The Morgan fingerprint density at radius 2 is 2.55 bits per heavy atom. The van der Waals surface area contributed by atoms with Crippen LogP contribution in [0.1, 0.15) is 13.3 Å². The van der Waals surface area contributed by atoms with Crippen LogP contribution in [0.25, 0.3) is 0 Å². The maximum absolute atomic E-state index is 5.75. The van der Waals surface area contributed by atoms with E-state index in [1.54, 1.807) is 5.54 Å². The molecule has 0 aromatic rings. The average Bonchev–Trinajstić information content (AvgIpc) is 2.35. The predicted molar refractivity (Wildman–Crippen MR) is 48.6 cm³/mol. The molecule has 1 rings (SSSR count). The van der Waals surface area contributed by atoms with Gasteiger partial charge in [-0.15, -0.1) is 0 Å². The van der Waals surface area contributed by atoms with Crippen LogP contribution in [0.5, 0.6) is 0 Å². The van der Waals surface area contributed by atoms with Crippen molar-refractivity contribution in [2.45, 2.75) is 19.4 Å². The Morgan fingerprint density at radius 1 is 1.82 bits per heavy atom. The van der Waals surface area contributed by atoms with E-state index in [1.165, 1.54) is 5.57 Å². The Hall–Kier alpha value is -0.0500. The molecule has 0 aromatic heterocycles. The van der Waals surface area contributed by atoms with Crippen molar-refractivity contribution in [1.82, 2.24) is 4.90 Å². The highest BCUT2D eigenvalue weighted by Crippen LogP contribution is 2.09. The average molecular weight is 175 g/mol. The minimum atomic E-state index is 0.373. The summed E-state index contributed by atoms with van der Waals surface area (Å²) in [6.45, 7) is 5.14. The van der Waals surface area contributed by atoms with Crippen LogP contribution in [0.2, 0.25) is 0 Å². The molecule has 0 amide bonds. The fourth-order valence-corrected chi connectivity index (χ4v) is 1.46. The number of nitrogens with zero attached hydrogens (tertiary/aromatic N) is 1. The molecule has 0 aliphatic carbocycles. The molecule has 2 nitrogen and oxygen atoms in total. The molecule has 0 aromatic carbocycles. The molecule has 64 valence electrons. The van der Waals surface area contributed by atoms with Crippen LogP contribution >= 0.6 is 11.6 Å². The van der Waals surface area contributed by atoms with E-state index in [-0.39, 0.29) is 0 Å². The smallest absolute Gasteiger partial charge is 0.0202 e. The Labute approximate surface area is 73.0 Å². The van der Waals surface area contributed by atoms with Crippen molar-refractivity contribution in [1.29, 1.82) is 0 Å². The lowest BCUT2D eigenvalue weighted by Gasteiger charge is -2.14. The van der Waals surface area contributed by atoms with E-state index in [1.807, 2.05) is 6.92 Å². The summed E-state index contributed by atoms with van der Waals surface area (Å²) in [7, 11) is 0. The molecule has 0 spiro atoms. The highest BCUT2D eigenvalue weighted by molar-refractivity contribution is 6.25. The summed E-state index contributed by atoms with van der Waals surface area (Å²) in [6.07, 6.45) is 1.12. The van der Waals surface area contributed by atoms with Crippen molar-refractivity contribution in [3.05, 3.63) is 11.1 Å². The zero-order chi connectivity index (χ0) is 8.27. The van der Waals surface area contributed by atoms with Crippen LogP contribution < -0.4 is 5.73 Å². The van der Waals surface area contributed by atoms with Gasteiger partial charge < -0.3 is 5.73 Å². The van der Waals surface area contributed by atoms with Crippen LogP contribution in [-0.4, -0.2) is 30.6 Å². The standard InChI is InChI=1S/C8H15ClN2/c1-7(4-9)5-11-3-2-8(10)6-11/h4,8H,2-3,5-6,10H2,1H3/b7-4+/t8-/m0/s1. The first-order valence-corrected chi connectivity index (χ1v) is 4.40. The SMILES string of the molecule is C/C(=C\Cl)CN1CC[C@H](N)C1. The third-order valence-electron chi connectivity index (χ3n) is 1.97. The van der Waals surface area contributed by atoms with Crippen molar-refractivity contribution in [3.63, 3.8) is 0 Å². The normalized spacial score (nSPS) is 27.9. The number of rotatable bonds is 2. The summed E-state index contributed by atoms with van der Waals surface area (Å²) in [5.41, 5.74) is 8.60. The van der Waals surface area contributed by atoms with Crippen LogP contribution in [0.3, 0.4) is 0 Å². The summed E-state index contributed by atoms with van der Waals surface area (Å²) in [5, 5.41) is 0. The van der Waals surface area contributed by atoms with Crippen molar-refractivity contribution < 1.29 is 0 Å². The molecule has 3 heteroatoms. The van der Waals surface area contributed by atoms with E-state index in [4.69, 9.17) is 17.3 Å². The fraction of sp³-hybridized carbons (Fsp3) is 0.750. The van der Waals surface area contributed by atoms with Crippen LogP contribution in [0.15, 0.2) is 11.1 Å². The summed E-state index contributed by atoms with van der Waals surface area (Å²) in [6, 6.07) is 0.373. The number of halogens is 1. The summed E-state index contributed by atoms with van der Waals surface area (Å²) >= 11 is 5.55. The van der Waals surface area contributed by atoms with Gasteiger partial charge in [0.2, 0.25) is 0 Å². The van der Waals surface area contributed by atoms with E-state index in [9.17, 15) is 0 Å². The Balaban J connectivity index is 2.28. The van der Waals surface area contributed by atoms with Gasteiger partial charge in [-0.1, -0.05) is 11.6 Å². The second kappa shape index (κ2) is 4.10. The van der Waals surface area contributed by atoms with Crippen LogP contribution in [-0.2, 0) is 0 Å². The van der Waals surface area contributed by atoms with E-state index in [0.717, 1.165) is 26.1 Å². The monoisotopic (exact) mass is 174 g/mol. The molecule has 1 atom stereocenters. The lowest BCUT2D eigenvalue weighted by molar-refractivity contribution is 0.363. The maximum Gasteiger partial charge on any atom is 0.0202 e. The predicted octanol–water partition coefficient (Wildman–Crippen LogP) is 1.16. The quantitative estimate of drug-likeness (QED) is 0.681. The second-order valence-electron chi connectivity index (χ2n) is 3.24. The van der Waals surface area contributed by atoms with E-state index in [2.05, 4.69) is 4.90 Å². The van der Waals surface area contributed by atoms with Crippen LogP contribution in [0.4, 0.5) is 0 Å². The molecule has 1 aliphatic rings. The Kier molecular flexibility index (Phi) is 3.37. The first-order valence-electron chi connectivity index (χ1n) is 3.96. The van der Waals surface area contributed by atoms with Crippen molar-refractivity contribution in [2.24, 2.45) is 5.73 Å². The Morgan fingerprint density at radius 3 is 3.00 bits per heavy atom. The zero-order valence-electron chi connectivity index (χ0n) is 6.89. The van der Waals surface area contributed by atoms with Gasteiger partial charge >= 0.3 is 0 Å². The van der Waals surface area contributed by atoms with Gasteiger partial charge in [-0.05, 0) is 18.9 Å². The lowest BCUT2D eigenvalue weighted by Crippen LogP contribution is -2.27. The van der Waals surface area contributed by atoms with E-state index >= 15 is 0 Å². The van der Waals surface area contributed by atoms with Gasteiger partial charge in [-0.3, -0.25) is 4.90 Å². The van der Waals surface area contributed by atoms with Crippen molar-refractivity contribution in [2.75, 3.05) is 19.6 Å². The number of hydrogen-bond donors (Lipinski definition) is 1. The lowest BCUT2D eigenvalue weighted by atomic mass is 10.3. The molecular weight excluding hydrogens is 160 g/mol. The van der Waals surface area contributed by atoms with Crippen LogP contribution in [0, 0.1) is 0 Å². The number of hydrogen-bond acceptors (Lipinski definition) is 2. The van der Waals surface area contributed by atoms with Crippen molar-refractivity contribution >= 4 is 11.6 Å².